The molecule has 3 aromatic rings. The van der Waals surface area contributed by atoms with Crippen molar-refractivity contribution in [1.82, 2.24) is 0 Å². The zero-order valence-electron chi connectivity index (χ0n) is 18.0. The normalized spacial score (nSPS) is 17.4. The standard InChI is InChI=1S/C26H27NO4/c1-18-16-19(2)24-22(17-18)26(30-14-7-15-31-26)25(28)27(24)12-6-13-29-23-11-5-9-20-8-3-4-10-21(20)23/h3-5,8-11,16-17H,6-7,12-15H2,1-2H3. The van der Waals surface area contributed by atoms with Crippen molar-refractivity contribution in [2.75, 3.05) is 31.3 Å². The van der Waals surface area contributed by atoms with E-state index in [1.807, 2.05) is 49.1 Å². The molecule has 5 rings (SSSR count). The van der Waals surface area contributed by atoms with Crippen molar-refractivity contribution >= 4 is 22.4 Å². The Kier molecular flexibility index (Phi) is 5.16. The SMILES string of the molecule is Cc1cc(C)c2c(c1)C1(OCCCO1)C(=O)N2CCCOc1cccc2ccccc12. The molecule has 5 nitrogen and oxygen atoms in total. The van der Waals surface area contributed by atoms with Crippen molar-refractivity contribution in [2.24, 2.45) is 0 Å². The van der Waals surface area contributed by atoms with E-state index in [-0.39, 0.29) is 5.91 Å². The molecule has 0 N–H and O–H groups in total. The highest BCUT2D eigenvalue weighted by molar-refractivity contribution is 6.07. The van der Waals surface area contributed by atoms with Crippen molar-refractivity contribution in [3.63, 3.8) is 0 Å². The quantitative estimate of drug-likeness (QED) is 0.556. The zero-order chi connectivity index (χ0) is 21.4. The highest BCUT2D eigenvalue weighted by Gasteiger charge is 2.55. The lowest BCUT2D eigenvalue weighted by molar-refractivity contribution is -0.256. The van der Waals surface area contributed by atoms with Gasteiger partial charge in [-0.2, -0.15) is 0 Å². The average Bonchev–Trinajstić information content (AvgIpc) is 3.00. The highest BCUT2D eigenvalue weighted by atomic mass is 16.7. The Bertz CT molecular complexity index is 1130. The van der Waals surface area contributed by atoms with E-state index < -0.39 is 5.79 Å². The van der Waals surface area contributed by atoms with Gasteiger partial charge in [0.2, 0.25) is 0 Å². The number of carbonyl (C=O) groups excluding carboxylic acids is 1. The molecule has 5 heteroatoms. The van der Waals surface area contributed by atoms with Crippen LogP contribution in [0.4, 0.5) is 5.69 Å². The Hall–Kier alpha value is -2.89. The lowest BCUT2D eigenvalue weighted by Gasteiger charge is -2.32. The summed E-state index contributed by atoms with van der Waals surface area (Å²) in [6, 6.07) is 18.4. The third kappa shape index (κ3) is 3.38. The number of benzene rings is 3. The number of ether oxygens (including phenoxy) is 3. The summed E-state index contributed by atoms with van der Waals surface area (Å²) in [5.74, 6) is -0.546. The minimum Gasteiger partial charge on any atom is -0.493 e. The van der Waals surface area contributed by atoms with E-state index in [9.17, 15) is 4.79 Å². The summed E-state index contributed by atoms with van der Waals surface area (Å²) >= 11 is 0. The number of aryl methyl sites for hydroxylation is 2. The molecule has 0 saturated carbocycles. The number of rotatable bonds is 5. The van der Waals surface area contributed by atoms with E-state index in [0.717, 1.165) is 45.3 Å². The highest BCUT2D eigenvalue weighted by Crippen LogP contribution is 2.47. The summed E-state index contributed by atoms with van der Waals surface area (Å²) in [7, 11) is 0. The first-order valence-corrected chi connectivity index (χ1v) is 10.9. The van der Waals surface area contributed by atoms with Crippen LogP contribution in [-0.4, -0.2) is 32.3 Å². The number of carbonyl (C=O) groups is 1. The Morgan fingerprint density at radius 1 is 1.03 bits per heavy atom. The van der Waals surface area contributed by atoms with Gasteiger partial charge in [-0.25, -0.2) is 0 Å². The lowest BCUT2D eigenvalue weighted by Crippen LogP contribution is -2.47. The third-order valence-electron chi connectivity index (χ3n) is 6.03. The van der Waals surface area contributed by atoms with Gasteiger partial charge in [0, 0.05) is 17.5 Å². The van der Waals surface area contributed by atoms with E-state index in [1.54, 1.807) is 0 Å². The molecule has 1 saturated heterocycles. The van der Waals surface area contributed by atoms with Gasteiger partial charge in [-0.15, -0.1) is 0 Å². The molecular weight excluding hydrogens is 390 g/mol. The molecule has 0 unspecified atom stereocenters. The molecule has 3 aromatic carbocycles. The fourth-order valence-corrected chi connectivity index (χ4v) is 4.71. The van der Waals surface area contributed by atoms with Crippen LogP contribution in [0.15, 0.2) is 54.6 Å². The van der Waals surface area contributed by atoms with Gasteiger partial charge in [0.25, 0.3) is 11.7 Å². The average molecular weight is 418 g/mol. The Labute approximate surface area is 182 Å². The van der Waals surface area contributed by atoms with E-state index in [0.29, 0.717) is 32.8 Å². The number of fused-ring (bicyclic) bond motifs is 3. The molecule has 31 heavy (non-hydrogen) atoms. The van der Waals surface area contributed by atoms with Crippen LogP contribution in [0, 0.1) is 13.8 Å². The van der Waals surface area contributed by atoms with Gasteiger partial charge < -0.3 is 19.1 Å². The van der Waals surface area contributed by atoms with Gasteiger partial charge in [0.1, 0.15) is 5.75 Å². The molecule has 1 spiro atoms. The van der Waals surface area contributed by atoms with E-state index in [4.69, 9.17) is 14.2 Å². The maximum atomic E-state index is 13.5. The minimum absolute atomic E-state index is 0.124. The Balaban J connectivity index is 1.34. The number of nitrogens with zero attached hydrogens (tertiary/aromatic N) is 1. The van der Waals surface area contributed by atoms with E-state index in [1.165, 1.54) is 0 Å². The molecule has 0 bridgehead atoms. The smallest absolute Gasteiger partial charge is 0.292 e. The second-order valence-corrected chi connectivity index (χ2v) is 8.28. The van der Waals surface area contributed by atoms with Crippen molar-refractivity contribution in [2.45, 2.75) is 32.5 Å². The van der Waals surface area contributed by atoms with Gasteiger partial charge in [-0.05, 0) is 49.8 Å². The Morgan fingerprint density at radius 3 is 2.65 bits per heavy atom. The number of hydrogen-bond donors (Lipinski definition) is 0. The summed E-state index contributed by atoms with van der Waals surface area (Å²) < 4.78 is 18.1. The summed E-state index contributed by atoms with van der Waals surface area (Å²) in [5.41, 5.74) is 3.92. The fourth-order valence-electron chi connectivity index (χ4n) is 4.71. The van der Waals surface area contributed by atoms with Crippen LogP contribution in [0.5, 0.6) is 5.75 Å². The van der Waals surface area contributed by atoms with Crippen LogP contribution in [0.3, 0.4) is 0 Å². The number of anilines is 1. The van der Waals surface area contributed by atoms with Gasteiger partial charge in [0.15, 0.2) is 0 Å². The van der Waals surface area contributed by atoms with Crippen LogP contribution in [-0.2, 0) is 20.1 Å². The lowest BCUT2D eigenvalue weighted by atomic mass is 10.00. The summed E-state index contributed by atoms with van der Waals surface area (Å²) in [6.07, 6.45) is 1.51. The van der Waals surface area contributed by atoms with Crippen LogP contribution < -0.4 is 9.64 Å². The summed E-state index contributed by atoms with van der Waals surface area (Å²) in [6.45, 7) is 6.20. The second-order valence-electron chi connectivity index (χ2n) is 8.28. The predicted octanol–water partition coefficient (Wildman–Crippen LogP) is 4.86. The molecule has 1 amide bonds. The van der Waals surface area contributed by atoms with Gasteiger partial charge in [-0.1, -0.05) is 48.0 Å². The predicted molar refractivity (Wildman–Crippen MR) is 121 cm³/mol. The largest absolute Gasteiger partial charge is 0.493 e. The number of hydrogen-bond acceptors (Lipinski definition) is 4. The van der Waals surface area contributed by atoms with Crippen molar-refractivity contribution in [3.05, 3.63) is 71.3 Å². The van der Waals surface area contributed by atoms with Crippen LogP contribution in [0.2, 0.25) is 0 Å². The molecule has 2 aliphatic heterocycles. The monoisotopic (exact) mass is 417 g/mol. The molecule has 0 aliphatic carbocycles. The number of amides is 1. The molecule has 0 radical (unpaired) electrons. The van der Waals surface area contributed by atoms with Crippen LogP contribution in [0.1, 0.15) is 29.5 Å². The van der Waals surface area contributed by atoms with Crippen LogP contribution >= 0.6 is 0 Å². The van der Waals surface area contributed by atoms with Crippen molar-refractivity contribution < 1.29 is 19.0 Å². The van der Waals surface area contributed by atoms with Crippen molar-refractivity contribution in [3.8, 4) is 5.75 Å². The van der Waals surface area contributed by atoms with E-state index in [2.05, 4.69) is 24.3 Å². The molecule has 2 aliphatic rings. The summed E-state index contributed by atoms with van der Waals surface area (Å²) in [5, 5.41) is 2.25. The maximum absolute atomic E-state index is 13.5. The van der Waals surface area contributed by atoms with Crippen molar-refractivity contribution in [1.29, 1.82) is 0 Å². The minimum atomic E-state index is -1.29. The zero-order valence-corrected chi connectivity index (χ0v) is 18.0. The molecule has 0 atom stereocenters. The van der Waals surface area contributed by atoms with E-state index >= 15 is 0 Å². The topological polar surface area (TPSA) is 48.0 Å². The maximum Gasteiger partial charge on any atom is 0.292 e. The van der Waals surface area contributed by atoms with Gasteiger partial charge in [-0.3, -0.25) is 4.79 Å². The first kappa shape index (κ1) is 20.0. The first-order chi connectivity index (χ1) is 15.1. The van der Waals surface area contributed by atoms with Crippen LogP contribution in [0.25, 0.3) is 10.8 Å². The molecule has 1 fully saturated rings. The summed E-state index contributed by atoms with van der Waals surface area (Å²) in [4.78, 5) is 15.3. The van der Waals surface area contributed by atoms with Gasteiger partial charge >= 0.3 is 0 Å². The van der Waals surface area contributed by atoms with Gasteiger partial charge in [0.05, 0.1) is 25.5 Å². The fraction of sp³-hybridized carbons (Fsp3) is 0.346. The second kappa shape index (κ2) is 7.98. The molecule has 0 aromatic heterocycles. The molecule has 2 heterocycles. The molecular formula is C26H27NO4. The molecule has 160 valence electrons. The third-order valence-corrected chi connectivity index (χ3v) is 6.03. The first-order valence-electron chi connectivity index (χ1n) is 10.9. The Morgan fingerprint density at radius 2 is 1.81 bits per heavy atom.